The van der Waals surface area contributed by atoms with Crippen molar-refractivity contribution in [2.75, 3.05) is 11.4 Å². The van der Waals surface area contributed by atoms with Crippen LogP contribution in [0.15, 0.2) is 76.4 Å². The Balaban J connectivity index is 1.91. The fourth-order valence-electron chi connectivity index (χ4n) is 3.38. The van der Waals surface area contributed by atoms with E-state index in [-0.39, 0.29) is 21.8 Å². The van der Waals surface area contributed by atoms with Gasteiger partial charge in [0, 0.05) is 0 Å². The van der Waals surface area contributed by atoms with Crippen molar-refractivity contribution in [1.29, 1.82) is 0 Å². The third-order valence-corrected chi connectivity index (χ3v) is 6.88. The summed E-state index contributed by atoms with van der Waals surface area (Å²) in [6.07, 6.45) is -3.40. The lowest BCUT2D eigenvalue weighted by atomic mass is 10.1. The van der Waals surface area contributed by atoms with Crippen LogP contribution in [-0.4, -0.2) is 26.5 Å². The molecule has 0 aliphatic rings. The minimum Gasteiger partial charge on any atom is -0.465 e. The Morgan fingerprint density at radius 3 is 2.32 bits per heavy atom. The van der Waals surface area contributed by atoms with Gasteiger partial charge in [0.1, 0.15) is 5.52 Å². The molecule has 0 amide bonds. The Morgan fingerprint density at radius 2 is 1.68 bits per heavy atom. The van der Waals surface area contributed by atoms with Crippen molar-refractivity contribution in [2.45, 2.75) is 18.0 Å². The molecule has 0 saturated heterocycles. The maximum absolute atomic E-state index is 13.8. The second-order valence-electron chi connectivity index (χ2n) is 7.29. The van der Waals surface area contributed by atoms with Crippen LogP contribution in [0.5, 0.6) is 0 Å². The largest absolute Gasteiger partial charge is 0.465 e. The van der Waals surface area contributed by atoms with Crippen molar-refractivity contribution in [3.05, 3.63) is 83.7 Å². The second kappa shape index (κ2) is 8.49. The zero-order valence-corrected chi connectivity index (χ0v) is 18.6. The number of oxazole rings is 1. The van der Waals surface area contributed by atoms with Crippen LogP contribution in [0.2, 0.25) is 0 Å². The van der Waals surface area contributed by atoms with E-state index in [9.17, 15) is 26.4 Å². The Morgan fingerprint density at radius 1 is 1.00 bits per heavy atom. The molecule has 0 spiro atoms. The number of carbonyl (C=O) groups excluding carboxylic acids is 1. The number of fused-ring (bicyclic) bond motifs is 1. The number of anilines is 2. The standard InChI is InChI=1S/C23H17F3N2O5S/c1-14-3-9-18(12-19(14)22(29)32-2)34(30,31)28(16-6-4-15(5-7-16)23(24,25)26)17-8-10-21-20(11-17)27-13-33-21/h3-13H,1-2H3. The summed E-state index contributed by atoms with van der Waals surface area (Å²) in [6.45, 7) is 1.62. The number of aryl methyl sites for hydroxylation is 1. The van der Waals surface area contributed by atoms with Gasteiger partial charge in [-0.05, 0) is 67.1 Å². The number of carbonyl (C=O) groups is 1. The molecular weight excluding hydrogens is 473 g/mol. The first-order chi connectivity index (χ1) is 16.0. The number of benzene rings is 3. The van der Waals surface area contributed by atoms with E-state index in [1.54, 1.807) is 6.92 Å². The number of methoxy groups -OCH3 is 1. The minimum atomic E-state index is -4.59. The summed E-state index contributed by atoms with van der Waals surface area (Å²) in [5.74, 6) is -0.723. The van der Waals surface area contributed by atoms with Gasteiger partial charge in [0.2, 0.25) is 0 Å². The number of esters is 1. The van der Waals surface area contributed by atoms with Crippen LogP contribution in [0, 0.1) is 6.92 Å². The number of aromatic nitrogens is 1. The molecule has 0 unspecified atom stereocenters. The summed E-state index contributed by atoms with van der Waals surface area (Å²) < 4.78 is 77.6. The summed E-state index contributed by atoms with van der Waals surface area (Å²) in [5, 5.41) is 0. The molecule has 1 heterocycles. The zero-order chi connectivity index (χ0) is 24.7. The molecule has 11 heteroatoms. The molecule has 4 rings (SSSR count). The summed E-state index contributed by atoms with van der Waals surface area (Å²) in [6, 6.07) is 12.0. The van der Waals surface area contributed by atoms with Gasteiger partial charge in [-0.25, -0.2) is 22.5 Å². The summed E-state index contributed by atoms with van der Waals surface area (Å²) in [7, 11) is -3.23. The Hall–Kier alpha value is -3.86. The fraction of sp³-hybridized carbons (Fsp3) is 0.130. The molecule has 0 aliphatic heterocycles. The lowest BCUT2D eigenvalue weighted by Crippen LogP contribution is -2.26. The third-order valence-electron chi connectivity index (χ3n) is 5.13. The predicted molar refractivity (Wildman–Crippen MR) is 117 cm³/mol. The highest BCUT2D eigenvalue weighted by molar-refractivity contribution is 7.93. The first-order valence-electron chi connectivity index (χ1n) is 9.77. The molecule has 0 N–H and O–H groups in total. The molecule has 0 fully saturated rings. The maximum atomic E-state index is 13.8. The quantitative estimate of drug-likeness (QED) is 0.345. The molecule has 0 atom stereocenters. The van der Waals surface area contributed by atoms with Crippen molar-refractivity contribution in [1.82, 2.24) is 4.98 Å². The maximum Gasteiger partial charge on any atom is 0.416 e. The van der Waals surface area contributed by atoms with Crippen molar-refractivity contribution in [3.63, 3.8) is 0 Å². The van der Waals surface area contributed by atoms with Crippen LogP contribution in [-0.2, 0) is 20.9 Å². The van der Waals surface area contributed by atoms with Crippen molar-refractivity contribution < 1.29 is 35.5 Å². The topological polar surface area (TPSA) is 89.7 Å². The highest BCUT2D eigenvalue weighted by Crippen LogP contribution is 2.37. The monoisotopic (exact) mass is 490 g/mol. The van der Waals surface area contributed by atoms with E-state index in [0.29, 0.717) is 16.7 Å². The minimum absolute atomic E-state index is 0.0443. The number of hydrogen-bond acceptors (Lipinski definition) is 6. The lowest BCUT2D eigenvalue weighted by Gasteiger charge is -2.25. The average Bonchev–Trinajstić information content (AvgIpc) is 3.26. The Labute approximate surface area is 192 Å². The molecular formula is C23H17F3N2O5S. The highest BCUT2D eigenvalue weighted by atomic mass is 32.2. The molecule has 0 saturated carbocycles. The van der Waals surface area contributed by atoms with Crippen molar-refractivity contribution >= 4 is 38.5 Å². The van der Waals surface area contributed by atoms with Gasteiger partial charge in [0.05, 0.1) is 34.5 Å². The first kappa shape index (κ1) is 23.3. The smallest absolute Gasteiger partial charge is 0.416 e. The molecule has 0 bridgehead atoms. The second-order valence-corrected chi connectivity index (χ2v) is 9.07. The van der Waals surface area contributed by atoms with E-state index in [4.69, 9.17) is 9.15 Å². The van der Waals surface area contributed by atoms with E-state index in [1.165, 1.54) is 49.9 Å². The number of halogens is 3. The zero-order valence-electron chi connectivity index (χ0n) is 17.8. The molecule has 176 valence electrons. The van der Waals surface area contributed by atoms with Gasteiger partial charge >= 0.3 is 12.1 Å². The van der Waals surface area contributed by atoms with Gasteiger partial charge in [0.15, 0.2) is 12.0 Å². The molecule has 4 aromatic rings. The first-order valence-corrected chi connectivity index (χ1v) is 11.2. The highest BCUT2D eigenvalue weighted by Gasteiger charge is 2.32. The van der Waals surface area contributed by atoms with Gasteiger partial charge < -0.3 is 9.15 Å². The van der Waals surface area contributed by atoms with E-state index in [2.05, 4.69) is 4.98 Å². The van der Waals surface area contributed by atoms with Gasteiger partial charge in [-0.1, -0.05) is 6.07 Å². The van der Waals surface area contributed by atoms with Gasteiger partial charge in [-0.3, -0.25) is 0 Å². The van der Waals surface area contributed by atoms with Crippen LogP contribution in [0.4, 0.5) is 24.5 Å². The molecule has 1 aromatic heterocycles. The van der Waals surface area contributed by atoms with E-state index in [0.717, 1.165) is 28.6 Å². The Bertz CT molecular complexity index is 1480. The number of rotatable bonds is 5. The molecule has 7 nitrogen and oxygen atoms in total. The predicted octanol–water partition coefficient (Wildman–Crippen LogP) is 5.47. The normalized spacial score (nSPS) is 12.0. The number of sulfonamides is 1. The van der Waals surface area contributed by atoms with Crippen LogP contribution >= 0.6 is 0 Å². The number of nitrogens with zero attached hydrogens (tertiary/aromatic N) is 2. The SMILES string of the molecule is COC(=O)c1cc(S(=O)(=O)N(c2ccc(C(F)(F)F)cc2)c2ccc3ocnc3c2)ccc1C. The third kappa shape index (κ3) is 4.21. The molecule has 0 aliphatic carbocycles. The average molecular weight is 490 g/mol. The van der Waals surface area contributed by atoms with E-state index >= 15 is 0 Å². The van der Waals surface area contributed by atoms with Gasteiger partial charge in [-0.2, -0.15) is 13.2 Å². The van der Waals surface area contributed by atoms with Crippen LogP contribution < -0.4 is 4.31 Å². The molecule has 34 heavy (non-hydrogen) atoms. The summed E-state index contributed by atoms with van der Waals surface area (Å²) in [4.78, 5) is 15.9. The number of hydrogen-bond donors (Lipinski definition) is 0. The summed E-state index contributed by atoms with van der Waals surface area (Å²) in [5.41, 5.74) is 0.431. The number of alkyl halides is 3. The lowest BCUT2D eigenvalue weighted by molar-refractivity contribution is -0.137. The molecule has 3 aromatic carbocycles. The van der Waals surface area contributed by atoms with E-state index < -0.39 is 27.7 Å². The summed E-state index contributed by atoms with van der Waals surface area (Å²) >= 11 is 0. The number of ether oxygens (including phenoxy) is 1. The van der Waals surface area contributed by atoms with Gasteiger partial charge in [-0.15, -0.1) is 0 Å². The van der Waals surface area contributed by atoms with Gasteiger partial charge in [0.25, 0.3) is 10.0 Å². The van der Waals surface area contributed by atoms with Crippen molar-refractivity contribution in [2.24, 2.45) is 0 Å². The van der Waals surface area contributed by atoms with E-state index in [1.807, 2.05) is 0 Å². The van der Waals surface area contributed by atoms with Crippen LogP contribution in [0.25, 0.3) is 11.1 Å². The van der Waals surface area contributed by atoms with Crippen molar-refractivity contribution in [3.8, 4) is 0 Å². The molecule has 0 radical (unpaired) electrons. The fourth-order valence-corrected chi connectivity index (χ4v) is 4.89. The van der Waals surface area contributed by atoms with Crippen LogP contribution in [0.3, 0.4) is 0 Å². The van der Waals surface area contributed by atoms with Crippen LogP contribution in [0.1, 0.15) is 21.5 Å². The Kier molecular flexibility index (Phi) is 5.82.